The van der Waals surface area contributed by atoms with Crippen LogP contribution < -0.4 is 15.4 Å². The Kier molecular flexibility index (Phi) is 9.38. The van der Waals surface area contributed by atoms with Crippen LogP contribution in [0.4, 0.5) is 0 Å². The third kappa shape index (κ3) is 7.30. The van der Waals surface area contributed by atoms with Crippen LogP contribution in [0.1, 0.15) is 24.5 Å². The SMILES string of the molecule is CNC(C)CNC(=O)CCNS(=O)(=O)c1ccc(C)c(C)c1.Cl. The van der Waals surface area contributed by atoms with Crippen LogP contribution in [0, 0.1) is 13.8 Å². The molecule has 0 aliphatic rings. The maximum Gasteiger partial charge on any atom is 0.240 e. The molecule has 1 aromatic rings. The minimum absolute atomic E-state index is 0. The van der Waals surface area contributed by atoms with Gasteiger partial charge in [-0.2, -0.15) is 0 Å². The van der Waals surface area contributed by atoms with Gasteiger partial charge in [0.15, 0.2) is 0 Å². The molecule has 1 rings (SSSR count). The third-order valence-electron chi connectivity index (χ3n) is 3.53. The normalized spacial score (nSPS) is 12.3. The highest BCUT2D eigenvalue weighted by Gasteiger charge is 2.14. The van der Waals surface area contributed by atoms with Crippen molar-refractivity contribution in [1.29, 1.82) is 0 Å². The van der Waals surface area contributed by atoms with Crippen LogP contribution in [0.5, 0.6) is 0 Å². The van der Waals surface area contributed by atoms with Crippen LogP contribution in [0.3, 0.4) is 0 Å². The summed E-state index contributed by atoms with van der Waals surface area (Å²) in [5, 5.41) is 5.75. The molecule has 0 spiro atoms. The Balaban J connectivity index is 0.00000484. The molecule has 0 heterocycles. The van der Waals surface area contributed by atoms with Crippen LogP contribution in [-0.2, 0) is 14.8 Å². The average molecular weight is 364 g/mol. The number of amides is 1. The summed E-state index contributed by atoms with van der Waals surface area (Å²) >= 11 is 0. The lowest BCUT2D eigenvalue weighted by molar-refractivity contribution is -0.121. The van der Waals surface area contributed by atoms with E-state index < -0.39 is 10.0 Å². The summed E-state index contributed by atoms with van der Waals surface area (Å²) in [4.78, 5) is 11.8. The van der Waals surface area contributed by atoms with E-state index in [4.69, 9.17) is 0 Å². The van der Waals surface area contributed by atoms with Gasteiger partial charge in [0.05, 0.1) is 4.90 Å². The monoisotopic (exact) mass is 363 g/mol. The van der Waals surface area contributed by atoms with Crippen molar-refractivity contribution in [2.24, 2.45) is 0 Å². The van der Waals surface area contributed by atoms with Crippen molar-refractivity contribution >= 4 is 28.3 Å². The fraction of sp³-hybridized carbons (Fsp3) is 0.533. The summed E-state index contributed by atoms with van der Waals surface area (Å²) in [5.41, 5.74) is 1.96. The predicted octanol–water partition coefficient (Wildman–Crippen LogP) is 1.12. The van der Waals surface area contributed by atoms with Gasteiger partial charge >= 0.3 is 0 Å². The lowest BCUT2D eigenvalue weighted by Gasteiger charge is -2.12. The zero-order valence-electron chi connectivity index (χ0n) is 14.0. The first kappa shape index (κ1) is 21.9. The molecule has 3 N–H and O–H groups in total. The van der Waals surface area contributed by atoms with E-state index in [0.717, 1.165) is 11.1 Å². The van der Waals surface area contributed by atoms with Gasteiger partial charge in [0.1, 0.15) is 0 Å². The van der Waals surface area contributed by atoms with E-state index in [0.29, 0.717) is 6.54 Å². The Morgan fingerprint density at radius 2 is 1.87 bits per heavy atom. The maximum absolute atomic E-state index is 12.1. The molecule has 0 fully saturated rings. The van der Waals surface area contributed by atoms with Gasteiger partial charge in [-0.1, -0.05) is 6.07 Å². The smallest absolute Gasteiger partial charge is 0.240 e. The Morgan fingerprint density at radius 3 is 2.43 bits per heavy atom. The lowest BCUT2D eigenvalue weighted by Crippen LogP contribution is -2.38. The highest BCUT2D eigenvalue weighted by Crippen LogP contribution is 2.14. The molecule has 0 aliphatic carbocycles. The number of carbonyl (C=O) groups excluding carboxylic acids is 1. The minimum atomic E-state index is -3.57. The van der Waals surface area contributed by atoms with Crippen molar-refractivity contribution < 1.29 is 13.2 Å². The van der Waals surface area contributed by atoms with Gasteiger partial charge < -0.3 is 10.6 Å². The molecule has 23 heavy (non-hydrogen) atoms. The number of nitrogens with one attached hydrogen (secondary N) is 3. The van der Waals surface area contributed by atoms with Crippen LogP contribution in [0.15, 0.2) is 23.1 Å². The number of hydrogen-bond acceptors (Lipinski definition) is 4. The summed E-state index contributed by atoms with van der Waals surface area (Å²) in [7, 11) is -1.76. The number of benzene rings is 1. The number of carbonyl (C=O) groups is 1. The van der Waals surface area contributed by atoms with Crippen LogP contribution in [0.2, 0.25) is 0 Å². The summed E-state index contributed by atoms with van der Waals surface area (Å²) in [5.74, 6) is -0.176. The second-order valence-electron chi connectivity index (χ2n) is 5.39. The molecular weight excluding hydrogens is 338 g/mol. The first-order chi connectivity index (χ1) is 10.3. The molecule has 1 atom stereocenters. The van der Waals surface area contributed by atoms with Gasteiger partial charge in [0, 0.05) is 25.6 Å². The van der Waals surface area contributed by atoms with Crippen LogP contribution in [0.25, 0.3) is 0 Å². The third-order valence-corrected chi connectivity index (χ3v) is 4.99. The predicted molar refractivity (Wildman–Crippen MR) is 94.5 cm³/mol. The summed E-state index contributed by atoms with van der Waals surface area (Å²) in [6.45, 7) is 6.33. The van der Waals surface area contributed by atoms with Crippen LogP contribution in [-0.4, -0.2) is 40.5 Å². The number of aryl methyl sites for hydroxylation is 2. The molecule has 6 nitrogen and oxygen atoms in total. The quantitative estimate of drug-likeness (QED) is 0.646. The molecule has 1 unspecified atom stereocenters. The largest absolute Gasteiger partial charge is 0.355 e. The molecule has 1 amide bonds. The molecule has 0 radical (unpaired) electrons. The second-order valence-corrected chi connectivity index (χ2v) is 7.15. The number of rotatable bonds is 8. The van der Waals surface area contributed by atoms with E-state index in [1.807, 2.05) is 27.8 Å². The first-order valence-corrected chi connectivity index (χ1v) is 8.75. The van der Waals surface area contributed by atoms with E-state index >= 15 is 0 Å². The van der Waals surface area contributed by atoms with Crippen molar-refractivity contribution in [3.8, 4) is 0 Å². The van der Waals surface area contributed by atoms with Gasteiger partial charge in [-0.05, 0) is 51.1 Å². The van der Waals surface area contributed by atoms with Gasteiger partial charge in [-0.15, -0.1) is 12.4 Å². The summed E-state index contributed by atoms with van der Waals surface area (Å²) in [6, 6.07) is 5.15. The molecule has 0 saturated heterocycles. The maximum atomic E-state index is 12.1. The van der Waals surface area contributed by atoms with Crippen LogP contribution >= 0.6 is 12.4 Å². The Bertz CT molecular complexity index is 620. The van der Waals surface area contributed by atoms with Gasteiger partial charge in [-0.25, -0.2) is 13.1 Å². The Hall–Kier alpha value is -1.15. The summed E-state index contributed by atoms with van der Waals surface area (Å²) in [6.07, 6.45) is 0.112. The fourth-order valence-electron chi connectivity index (χ4n) is 1.72. The van der Waals surface area contributed by atoms with E-state index in [-0.39, 0.29) is 42.2 Å². The number of likely N-dealkylation sites (N-methyl/N-ethyl adjacent to an activating group) is 1. The molecule has 0 saturated carbocycles. The molecule has 8 heteroatoms. The zero-order valence-corrected chi connectivity index (χ0v) is 15.6. The zero-order chi connectivity index (χ0) is 16.8. The molecule has 0 aliphatic heterocycles. The Labute approximate surface area is 144 Å². The molecule has 0 aromatic heterocycles. The summed E-state index contributed by atoms with van der Waals surface area (Å²) < 4.78 is 26.7. The van der Waals surface area contributed by atoms with Gasteiger partial charge in [0.2, 0.25) is 15.9 Å². The number of sulfonamides is 1. The Morgan fingerprint density at radius 1 is 1.22 bits per heavy atom. The highest BCUT2D eigenvalue weighted by molar-refractivity contribution is 7.89. The van der Waals surface area contributed by atoms with Gasteiger partial charge in [-0.3, -0.25) is 4.79 Å². The fourth-order valence-corrected chi connectivity index (χ4v) is 2.84. The van der Waals surface area contributed by atoms with Crippen molar-refractivity contribution in [2.75, 3.05) is 20.1 Å². The molecular formula is C15H26ClN3O3S. The topological polar surface area (TPSA) is 87.3 Å². The molecule has 1 aromatic carbocycles. The van der Waals surface area contributed by atoms with E-state index in [9.17, 15) is 13.2 Å². The van der Waals surface area contributed by atoms with Gasteiger partial charge in [0.25, 0.3) is 0 Å². The van der Waals surface area contributed by atoms with Crippen molar-refractivity contribution in [3.05, 3.63) is 29.3 Å². The average Bonchev–Trinajstić information content (AvgIpc) is 2.47. The highest BCUT2D eigenvalue weighted by atomic mass is 35.5. The standard InChI is InChI=1S/C15H25N3O3S.ClH/c1-11-5-6-14(9-12(11)2)22(20,21)18-8-7-15(19)17-10-13(3)16-4;/h5-6,9,13,16,18H,7-8,10H2,1-4H3,(H,17,19);1H. The number of hydrogen-bond donors (Lipinski definition) is 3. The number of halogens is 1. The van der Waals surface area contributed by atoms with Crippen molar-refractivity contribution in [3.63, 3.8) is 0 Å². The van der Waals surface area contributed by atoms with Crippen molar-refractivity contribution in [1.82, 2.24) is 15.4 Å². The molecule has 132 valence electrons. The first-order valence-electron chi connectivity index (χ1n) is 7.27. The second kappa shape index (κ2) is 9.87. The van der Waals surface area contributed by atoms with E-state index in [2.05, 4.69) is 15.4 Å². The molecule has 0 bridgehead atoms. The van der Waals surface area contributed by atoms with E-state index in [1.165, 1.54) is 0 Å². The van der Waals surface area contributed by atoms with E-state index in [1.54, 1.807) is 18.2 Å². The lowest BCUT2D eigenvalue weighted by atomic mass is 10.1. The van der Waals surface area contributed by atoms with Crippen molar-refractivity contribution in [2.45, 2.75) is 38.1 Å². The minimum Gasteiger partial charge on any atom is -0.355 e.